The summed E-state index contributed by atoms with van der Waals surface area (Å²) in [4.78, 5) is 0. The van der Waals surface area contributed by atoms with Crippen molar-refractivity contribution in [3.05, 3.63) is 27.2 Å². The molecule has 2 N–H and O–H groups in total. The van der Waals surface area contributed by atoms with E-state index in [1.165, 1.54) is 6.07 Å². The summed E-state index contributed by atoms with van der Waals surface area (Å²) < 4.78 is 24.4. The maximum absolute atomic E-state index is 12.1. The normalized spacial score (nSPS) is 13.3. The number of alkyl halides is 2. The summed E-state index contributed by atoms with van der Waals surface area (Å²) in [6.07, 6.45) is -5.00. The van der Waals surface area contributed by atoms with E-state index in [-0.39, 0.29) is 15.1 Å². The van der Waals surface area contributed by atoms with Gasteiger partial charge in [0, 0.05) is 10.6 Å². The second-order valence-electron chi connectivity index (χ2n) is 2.60. The highest BCUT2D eigenvalue weighted by molar-refractivity contribution is 9.10. The fourth-order valence-electron chi connectivity index (χ4n) is 0.947. The van der Waals surface area contributed by atoms with Crippen molar-refractivity contribution in [1.29, 1.82) is 0 Å². The van der Waals surface area contributed by atoms with Crippen LogP contribution in [-0.4, -0.2) is 16.6 Å². The van der Waals surface area contributed by atoms with Crippen LogP contribution in [-0.2, 0) is 0 Å². The highest BCUT2D eigenvalue weighted by Crippen LogP contribution is 2.36. The van der Waals surface area contributed by atoms with Gasteiger partial charge in [-0.25, -0.2) is 8.78 Å². The molecule has 0 saturated carbocycles. The Morgan fingerprint density at radius 2 is 1.93 bits per heavy atom. The molecule has 1 rings (SSSR count). The minimum Gasteiger partial charge on any atom is -0.506 e. The second-order valence-corrected chi connectivity index (χ2v) is 3.90. The maximum Gasteiger partial charge on any atom is 0.268 e. The summed E-state index contributed by atoms with van der Waals surface area (Å²) in [5.74, 6) is -0.429. The van der Waals surface area contributed by atoms with E-state index >= 15 is 0 Å². The molecule has 14 heavy (non-hydrogen) atoms. The molecule has 78 valence electrons. The number of rotatable bonds is 2. The first-order valence-electron chi connectivity index (χ1n) is 3.57. The van der Waals surface area contributed by atoms with Crippen LogP contribution in [0.25, 0.3) is 0 Å². The summed E-state index contributed by atoms with van der Waals surface area (Å²) in [5, 5.41) is 18.5. The van der Waals surface area contributed by atoms with E-state index in [4.69, 9.17) is 16.7 Å². The molecule has 0 amide bonds. The largest absolute Gasteiger partial charge is 0.506 e. The first kappa shape index (κ1) is 11.7. The van der Waals surface area contributed by atoms with Crippen molar-refractivity contribution in [2.24, 2.45) is 0 Å². The van der Waals surface area contributed by atoms with Gasteiger partial charge >= 0.3 is 0 Å². The van der Waals surface area contributed by atoms with Crippen molar-refractivity contribution in [1.82, 2.24) is 0 Å². The summed E-state index contributed by atoms with van der Waals surface area (Å²) >= 11 is 8.50. The Morgan fingerprint density at radius 3 is 2.43 bits per heavy atom. The Balaban J connectivity index is 3.20. The van der Waals surface area contributed by atoms with Crippen molar-refractivity contribution < 1.29 is 19.0 Å². The lowest BCUT2D eigenvalue weighted by atomic mass is 10.1. The molecular formula is C8H6BrClF2O2. The van der Waals surface area contributed by atoms with Gasteiger partial charge in [0.25, 0.3) is 6.43 Å². The fourth-order valence-corrected chi connectivity index (χ4v) is 1.78. The molecule has 6 heteroatoms. The third kappa shape index (κ3) is 2.34. The van der Waals surface area contributed by atoms with Crippen LogP contribution < -0.4 is 0 Å². The molecule has 1 unspecified atom stereocenters. The lowest BCUT2D eigenvalue weighted by Gasteiger charge is -2.12. The molecule has 0 aliphatic rings. The zero-order valence-corrected chi connectivity index (χ0v) is 9.06. The molecule has 0 spiro atoms. The molecule has 0 aromatic heterocycles. The molecule has 0 radical (unpaired) electrons. The van der Waals surface area contributed by atoms with Gasteiger partial charge in [0.2, 0.25) is 0 Å². The average Bonchev–Trinajstić information content (AvgIpc) is 2.09. The van der Waals surface area contributed by atoms with Crippen molar-refractivity contribution in [3.8, 4) is 5.75 Å². The number of aliphatic hydroxyl groups is 1. The first-order valence-corrected chi connectivity index (χ1v) is 4.74. The Hall–Kier alpha value is -0.390. The predicted octanol–water partition coefficient (Wildman–Crippen LogP) is 3.11. The molecule has 0 heterocycles. The Labute approximate surface area is 92.3 Å². The van der Waals surface area contributed by atoms with Gasteiger partial charge in [0.05, 0.1) is 4.47 Å². The number of benzene rings is 1. The third-order valence-electron chi connectivity index (χ3n) is 1.61. The lowest BCUT2D eigenvalue weighted by Crippen LogP contribution is -2.08. The molecule has 0 bridgehead atoms. The molecule has 1 aromatic carbocycles. The van der Waals surface area contributed by atoms with E-state index < -0.39 is 18.3 Å². The second kappa shape index (κ2) is 4.42. The molecule has 1 aromatic rings. The van der Waals surface area contributed by atoms with Gasteiger partial charge in [0.1, 0.15) is 11.9 Å². The topological polar surface area (TPSA) is 40.5 Å². The molecule has 0 aliphatic carbocycles. The van der Waals surface area contributed by atoms with E-state index in [9.17, 15) is 13.9 Å². The van der Waals surface area contributed by atoms with Crippen molar-refractivity contribution in [2.75, 3.05) is 0 Å². The van der Waals surface area contributed by atoms with Gasteiger partial charge in [-0.1, -0.05) is 11.6 Å². The molecule has 1 atom stereocenters. The van der Waals surface area contributed by atoms with Gasteiger partial charge in [-0.05, 0) is 28.1 Å². The number of hydrogen-bond acceptors (Lipinski definition) is 2. The SMILES string of the molecule is Oc1c(Br)cc(Cl)cc1C(O)C(F)F. The van der Waals surface area contributed by atoms with Gasteiger partial charge in [-0.2, -0.15) is 0 Å². The smallest absolute Gasteiger partial charge is 0.268 e. The number of aliphatic hydroxyl groups excluding tert-OH is 1. The molecule has 2 nitrogen and oxygen atoms in total. The van der Waals surface area contributed by atoms with E-state index in [1.807, 2.05) is 0 Å². The zero-order chi connectivity index (χ0) is 10.9. The van der Waals surface area contributed by atoms with Gasteiger partial charge < -0.3 is 10.2 Å². The van der Waals surface area contributed by atoms with Crippen LogP contribution in [0.5, 0.6) is 5.75 Å². The van der Waals surface area contributed by atoms with E-state index in [2.05, 4.69) is 15.9 Å². The predicted molar refractivity (Wildman–Crippen MR) is 51.8 cm³/mol. The van der Waals surface area contributed by atoms with Crippen LogP contribution in [0.3, 0.4) is 0 Å². The molecular weight excluding hydrogens is 281 g/mol. The molecule has 0 saturated heterocycles. The van der Waals surface area contributed by atoms with Crippen LogP contribution in [0.15, 0.2) is 16.6 Å². The van der Waals surface area contributed by atoms with Gasteiger partial charge in [-0.3, -0.25) is 0 Å². The maximum atomic E-state index is 12.1. The standard InChI is InChI=1S/C8H6BrClF2O2/c9-5-2-3(10)1-4(6(5)13)7(14)8(11)12/h1-2,7-8,13-14H. The van der Waals surface area contributed by atoms with Gasteiger partial charge in [0.15, 0.2) is 0 Å². The molecule has 0 aliphatic heterocycles. The highest BCUT2D eigenvalue weighted by atomic mass is 79.9. The number of aromatic hydroxyl groups is 1. The lowest BCUT2D eigenvalue weighted by molar-refractivity contribution is -0.00702. The van der Waals surface area contributed by atoms with E-state index in [0.717, 1.165) is 6.07 Å². The average molecular weight is 287 g/mol. The number of phenolic OH excluding ortho intramolecular Hbond substituents is 1. The van der Waals surface area contributed by atoms with Crippen LogP contribution in [0.1, 0.15) is 11.7 Å². The summed E-state index contributed by atoms with van der Waals surface area (Å²) in [5.41, 5.74) is -0.292. The van der Waals surface area contributed by atoms with Crippen LogP contribution >= 0.6 is 27.5 Å². The Morgan fingerprint density at radius 1 is 1.36 bits per heavy atom. The van der Waals surface area contributed by atoms with Crippen LogP contribution in [0.4, 0.5) is 8.78 Å². The first-order chi connectivity index (χ1) is 6.43. The summed E-state index contributed by atoms with van der Waals surface area (Å²) in [7, 11) is 0. The van der Waals surface area contributed by atoms with Crippen LogP contribution in [0, 0.1) is 0 Å². The van der Waals surface area contributed by atoms with E-state index in [1.54, 1.807) is 0 Å². The van der Waals surface area contributed by atoms with Crippen molar-refractivity contribution in [3.63, 3.8) is 0 Å². The Kier molecular flexibility index (Phi) is 3.69. The number of hydrogen-bond donors (Lipinski definition) is 2. The number of phenols is 1. The summed E-state index contributed by atoms with van der Waals surface area (Å²) in [6, 6.07) is 2.44. The minimum atomic E-state index is -2.97. The Bertz CT molecular complexity index is 346. The zero-order valence-electron chi connectivity index (χ0n) is 6.72. The third-order valence-corrected chi connectivity index (χ3v) is 2.44. The highest BCUT2D eigenvalue weighted by Gasteiger charge is 2.23. The number of halogens is 4. The molecule has 0 fully saturated rings. The minimum absolute atomic E-state index is 0.157. The van der Waals surface area contributed by atoms with Gasteiger partial charge in [-0.15, -0.1) is 0 Å². The fraction of sp³-hybridized carbons (Fsp3) is 0.250. The monoisotopic (exact) mass is 286 g/mol. The van der Waals surface area contributed by atoms with Crippen molar-refractivity contribution >= 4 is 27.5 Å². The summed E-state index contributed by atoms with van der Waals surface area (Å²) in [6.45, 7) is 0. The van der Waals surface area contributed by atoms with E-state index in [0.29, 0.717) is 0 Å². The quantitative estimate of drug-likeness (QED) is 0.877. The van der Waals surface area contributed by atoms with Crippen LogP contribution in [0.2, 0.25) is 5.02 Å². The van der Waals surface area contributed by atoms with Crippen molar-refractivity contribution in [2.45, 2.75) is 12.5 Å².